The molecule has 0 saturated heterocycles. The fourth-order valence-electron chi connectivity index (χ4n) is 3.75. The van der Waals surface area contributed by atoms with Crippen LogP contribution in [-0.4, -0.2) is 7.38 Å². The van der Waals surface area contributed by atoms with Crippen molar-refractivity contribution in [2.75, 3.05) is 0 Å². The molecular weight excluding hydrogens is 220 g/mol. The molecule has 0 aliphatic heterocycles. The molecule has 1 aliphatic carbocycles. The zero-order valence-corrected chi connectivity index (χ0v) is 12.9. The summed E-state index contributed by atoms with van der Waals surface area (Å²) in [5.41, 5.74) is 0.833. The molecule has 0 aromatic heterocycles. The number of halogens is 1. The van der Waals surface area contributed by atoms with Crippen molar-refractivity contribution in [2.24, 2.45) is 23.7 Å². The van der Waals surface area contributed by atoms with Crippen LogP contribution in [0.15, 0.2) is 0 Å². The van der Waals surface area contributed by atoms with Crippen LogP contribution < -0.4 is 0 Å². The van der Waals surface area contributed by atoms with Crippen LogP contribution in [0.2, 0.25) is 17.6 Å². The highest BCUT2D eigenvalue weighted by atomic mass is 35.6. The molecule has 90 valence electrons. The van der Waals surface area contributed by atoms with Crippen molar-refractivity contribution in [3.8, 4) is 0 Å². The van der Waals surface area contributed by atoms with Crippen molar-refractivity contribution >= 4 is 18.5 Å². The van der Waals surface area contributed by atoms with Crippen LogP contribution in [0, 0.1) is 23.7 Å². The maximum absolute atomic E-state index is 6.97. The van der Waals surface area contributed by atoms with Gasteiger partial charge < -0.3 is 0 Å². The molecule has 1 aliphatic rings. The molecule has 0 aromatic carbocycles. The third-order valence-electron chi connectivity index (χ3n) is 5.39. The lowest BCUT2D eigenvalue weighted by atomic mass is 9.92. The van der Waals surface area contributed by atoms with Crippen LogP contribution in [0.25, 0.3) is 0 Å². The molecule has 0 spiro atoms. The van der Waals surface area contributed by atoms with Gasteiger partial charge in [-0.25, -0.2) is 0 Å². The molecule has 0 bridgehead atoms. The van der Waals surface area contributed by atoms with Crippen molar-refractivity contribution in [3.63, 3.8) is 0 Å². The lowest BCUT2D eigenvalue weighted by Crippen LogP contribution is -2.36. The quantitative estimate of drug-likeness (QED) is 0.478. The van der Waals surface area contributed by atoms with Gasteiger partial charge in [0, 0.05) is 0 Å². The molecule has 1 saturated carbocycles. The van der Waals surface area contributed by atoms with Gasteiger partial charge in [0.05, 0.1) is 0 Å². The Bertz CT molecular complexity index is 199. The first-order valence-electron chi connectivity index (χ1n) is 6.58. The zero-order valence-electron chi connectivity index (χ0n) is 11.2. The second-order valence-electron chi connectivity index (χ2n) is 5.70. The van der Waals surface area contributed by atoms with E-state index in [0.717, 1.165) is 29.2 Å². The van der Waals surface area contributed by atoms with E-state index in [1.165, 1.54) is 12.1 Å². The monoisotopic (exact) mass is 246 g/mol. The van der Waals surface area contributed by atoms with Crippen LogP contribution in [0.3, 0.4) is 0 Å². The van der Waals surface area contributed by atoms with E-state index in [-0.39, 0.29) is 0 Å². The predicted molar refractivity (Wildman–Crippen MR) is 73.0 cm³/mol. The van der Waals surface area contributed by atoms with Crippen molar-refractivity contribution in [3.05, 3.63) is 0 Å². The van der Waals surface area contributed by atoms with E-state index < -0.39 is 7.38 Å². The number of hydrogen-bond acceptors (Lipinski definition) is 0. The first-order valence-corrected chi connectivity index (χ1v) is 10.1. The Kier molecular flexibility index (Phi) is 4.33. The summed E-state index contributed by atoms with van der Waals surface area (Å²) in [6.45, 7) is 14.3. The summed E-state index contributed by atoms with van der Waals surface area (Å²) in [6, 6.07) is 2.48. The fourth-order valence-corrected chi connectivity index (χ4v) is 8.88. The second kappa shape index (κ2) is 4.79. The van der Waals surface area contributed by atoms with Gasteiger partial charge in [0.15, 0.2) is 7.38 Å². The minimum absolute atomic E-state index is 0.832. The van der Waals surface area contributed by atoms with Crippen molar-refractivity contribution in [1.29, 1.82) is 0 Å². The Balaban J connectivity index is 2.94. The SMILES string of the molecule is CC[Si](Cl)(CC)C1C(C)C(C)C(C)C1C. The average molecular weight is 247 g/mol. The smallest absolute Gasteiger partial charge is 0.159 e. The first-order chi connectivity index (χ1) is 6.89. The Morgan fingerprint density at radius 2 is 1.13 bits per heavy atom. The van der Waals surface area contributed by atoms with E-state index in [0.29, 0.717) is 0 Å². The topological polar surface area (TPSA) is 0 Å². The van der Waals surface area contributed by atoms with Gasteiger partial charge >= 0.3 is 0 Å². The van der Waals surface area contributed by atoms with Crippen molar-refractivity contribution in [1.82, 2.24) is 0 Å². The molecule has 0 N–H and O–H groups in total. The first kappa shape index (κ1) is 13.6. The van der Waals surface area contributed by atoms with Gasteiger partial charge in [-0.3, -0.25) is 0 Å². The van der Waals surface area contributed by atoms with E-state index in [9.17, 15) is 0 Å². The molecule has 4 atom stereocenters. The molecule has 1 rings (SSSR count). The molecule has 0 heterocycles. The zero-order chi connectivity index (χ0) is 11.8. The Hall–Kier alpha value is 0.507. The molecule has 0 aromatic rings. The van der Waals surface area contributed by atoms with Gasteiger partial charge in [0.2, 0.25) is 0 Å². The van der Waals surface area contributed by atoms with Gasteiger partial charge in [0.1, 0.15) is 0 Å². The van der Waals surface area contributed by atoms with Gasteiger partial charge in [-0.15, -0.1) is 0 Å². The summed E-state index contributed by atoms with van der Waals surface area (Å²) in [7, 11) is -1.50. The van der Waals surface area contributed by atoms with E-state index in [1.807, 2.05) is 0 Å². The van der Waals surface area contributed by atoms with Crippen LogP contribution in [0.5, 0.6) is 0 Å². The van der Waals surface area contributed by atoms with E-state index in [1.54, 1.807) is 0 Å². The standard InChI is InChI=1S/C13H27ClSi/c1-7-15(14,8-2)13-11(5)9(3)10(4)12(13)6/h9-13H,7-8H2,1-6H3. The van der Waals surface area contributed by atoms with E-state index in [2.05, 4.69) is 41.5 Å². The molecular formula is C13H27ClSi. The highest BCUT2D eigenvalue weighted by Crippen LogP contribution is 2.56. The maximum atomic E-state index is 6.97. The molecule has 0 nitrogen and oxygen atoms in total. The maximum Gasteiger partial charge on any atom is 0.159 e. The molecule has 2 heteroatoms. The van der Waals surface area contributed by atoms with Crippen LogP contribution in [0.4, 0.5) is 0 Å². The fraction of sp³-hybridized carbons (Fsp3) is 1.00. The minimum Gasteiger partial charge on any atom is -0.167 e. The third-order valence-corrected chi connectivity index (χ3v) is 12.4. The highest BCUT2D eigenvalue weighted by molar-refractivity contribution is 7.21. The highest BCUT2D eigenvalue weighted by Gasteiger charge is 2.51. The summed E-state index contributed by atoms with van der Waals surface area (Å²) in [5.74, 6) is 3.38. The lowest BCUT2D eigenvalue weighted by molar-refractivity contribution is 0.352. The van der Waals surface area contributed by atoms with E-state index in [4.69, 9.17) is 11.1 Å². The van der Waals surface area contributed by atoms with Gasteiger partial charge in [-0.2, -0.15) is 11.1 Å². The molecule has 4 unspecified atom stereocenters. The Morgan fingerprint density at radius 3 is 1.40 bits per heavy atom. The molecule has 0 radical (unpaired) electrons. The normalized spacial score (nSPS) is 42.2. The van der Waals surface area contributed by atoms with E-state index >= 15 is 0 Å². The average Bonchev–Trinajstić information content (AvgIpc) is 2.43. The second-order valence-corrected chi connectivity index (χ2v) is 12.1. The van der Waals surface area contributed by atoms with Crippen LogP contribution in [-0.2, 0) is 0 Å². The number of rotatable bonds is 3. The van der Waals surface area contributed by atoms with Gasteiger partial charge in [-0.1, -0.05) is 41.5 Å². The summed E-state index contributed by atoms with van der Waals surface area (Å²) >= 11 is 6.97. The van der Waals surface area contributed by atoms with Crippen molar-refractivity contribution < 1.29 is 0 Å². The van der Waals surface area contributed by atoms with Gasteiger partial charge in [-0.05, 0) is 41.3 Å². The van der Waals surface area contributed by atoms with Gasteiger partial charge in [0.25, 0.3) is 0 Å². The largest absolute Gasteiger partial charge is 0.167 e. The molecule has 15 heavy (non-hydrogen) atoms. The summed E-state index contributed by atoms with van der Waals surface area (Å²) in [6.07, 6.45) is 0. The summed E-state index contributed by atoms with van der Waals surface area (Å²) in [4.78, 5) is 0. The van der Waals surface area contributed by atoms with Crippen LogP contribution >= 0.6 is 11.1 Å². The van der Waals surface area contributed by atoms with Crippen molar-refractivity contribution in [2.45, 2.75) is 59.2 Å². The Labute approximate surface area is 102 Å². The molecule has 1 fully saturated rings. The number of hydrogen-bond donors (Lipinski definition) is 0. The summed E-state index contributed by atoms with van der Waals surface area (Å²) < 4.78 is 0. The predicted octanol–water partition coefficient (Wildman–Crippen LogP) is 5.14. The minimum atomic E-state index is -1.50. The molecule has 0 amide bonds. The van der Waals surface area contributed by atoms with Crippen LogP contribution in [0.1, 0.15) is 41.5 Å². The summed E-state index contributed by atoms with van der Waals surface area (Å²) in [5, 5.41) is 0. The third kappa shape index (κ3) is 2.15. The lowest BCUT2D eigenvalue weighted by Gasteiger charge is -2.35. The Morgan fingerprint density at radius 1 is 0.800 bits per heavy atom.